The number of nitrogens with zero attached hydrogens (tertiary/aromatic N) is 2. The number of rotatable bonds is 9. The van der Waals surface area contributed by atoms with Gasteiger partial charge in [0.1, 0.15) is 0 Å². The van der Waals surface area contributed by atoms with E-state index in [1.54, 1.807) is 28.6 Å². The van der Waals surface area contributed by atoms with Crippen LogP contribution in [0.2, 0.25) is 0 Å². The Morgan fingerprint density at radius 3 is 2.51 bits per heavy atom. The molecule has 5 N–H and O–H groups in total. The standard InChI is InChI=1S/C24H31N5O4S2/c1-3-35(32,33)29-6-4-15(5-7-29)21-11-27-23-19(21)9-16(10-20(23)24(26)31)17-8-18(34-14-17)12-28(2)13-22(25)30/h8-11,14-15,27H,3-7,12-13H2,1-2H3,(H2,25,30)(H2,26,31). The summed E-state index contributed by atoms with van der Waals surface area (Å²) in [6.07, 6.45) is 3.36. The highest BCUT2D eigenvalue weighted by molar-refractivity contribution is 7.89. The topological polar surface area (TPSA) is 143 Å². The predicted molar refractivity (Wildman–Crippen MR) is 139 cm³/mol. The summed E-state index contributed by atoms with van der Waals surface area (Å²) in [5, 5.41) is 2.96. The maximum absolute atomic E-state index is 12.3. The number of H-pyrrole nitrogens is 1. The molecule has 0 spiro atoms. The molecule has 1 saturated heterocycles. The smallest absolute Gasteiger partial charge is 0.250 e. The highest BCUT2D eigenvalue weighted by Gasteiger charge is 2.29. The first-order valence-electron chi connectivity index (χ1n) is 11.6. The van der Waals surface area contributed by atoms with E-state index in [9.17, 15) is 18.0 Å². The lowest BCUT2D eigenvalue weighted by atomic mass is 9.88. The van der Waals surface area contributed by atoms with E-state index in [2.05, 4.69) is 17.1 Å². The van der Waals surface area contributed by atoms with E-state index in [4.69, 9.17) is 11.5 Å². The first kappa shape index (κ1) is 25.4. The minimum absolute atomic E-state index is 0.108. The third-order valence-electron chi connectivity index (χ3n) is 6.58. The molecule has 1 aliphatic rings. The molecule has 188 valence electrons. The Kier molecular flexibility index (Phi) is 7.32. The van der Waals surface area contributed by atoms with Gasteiger partial charge in [0.25, 0.3) is 5.91 Å². The van der Waals surface area contributed by atoms with Crippen molar-refractivity contribution in [2.24, 2.45) is 11.5 Å². The number of carbonyl (C=O) groups is 2. The molecule has 2 amide bonds. The van der Waals surface area contributed by atoms with Crippen molar-refractivity contribution in [1.82, 2.24) is 14.2 Å². The maximum atomic E-state index is 12.3. The van der Waals surface area contributed by atoms with Crippen LogP contribution in [0.25, 0.3) is 22.0 Å². The number of amides is 2. The first-order valence-corrected chi connectivity index (χ1v) is 14.0. The molecular weight excluding hydrogens is 486 g/mol. The number of nitrogens with one attached hydrogen (secondary N) is 1. The van der Waals surface area contributed by atoms with Crippen LogP contribution in [0, 0.1) is 0 Å². The van der Waals surface area contributed by atoms with Crippen LogP contribution in [0.5, 0.6) is 0 Å². The number of benzene rings is 1. The van der Waals surface area contributed by atoms with E-state index < -0.39 is 15.9 Å². The number of nitrogens with two attached hydrogens (primary N) is 2. The van der Waals surface area contributed by atoms with Crippen LogP contribution in [-0.2, 0) is 21.4 Å². The van der Waals surface area contributed by atoms with Gasteiger partial charge in [-0.1, -0.05) is 0 Å². The molecule has 0 atom stereocenters. The first-order chi connectivity index (χ1) is 16.6. The zero-order valence-electron chi connectivity index (χ0n) is 19.9. The van der Waals surface area contributed by atoms with Crippen LogP contribution < -0.4 is 11.5 Å². The monoisotopic (exact) mass is 517 g/mol. The average Bonchev–Trinajstić information content (AvgIpc) is 3.45. The van der Waals surface area contributed by atoms with Gasteiger partial charge in [-0.25, -0.2) is 12.7 Å². The number of primary amides is 2. The highest BCUT2D eigenvalue weighted by Crippen LogP contribution is 2.38. The van der Waals surface area contributed by atoms with Gasteiger partial charge >= 0.3 is 0 Å². The molecule has 4 rings (SSSR count). The second kappa shape index (κ2) is 10.1. The second-order valence-corrected chi connectivity index (χ2v) is 12.3. The molecule has 1 aliphatic heterocycles. The van der Waals surface area contributed by atoms with E-state index in [0.29, 0.717) is 30.7 Å². The molecule has 11 heteroatoms. The molecule has 1 fully saturated rings. The number of aromatic amines is 1. The number of fused-ring (bicyclic) bond motifs is 1. The molecule has 0 aliphatic carbocycles. The van der Waals surface area contributed by atoms with Gasteiger partial charge in [0.05, 0.1) is 23.4 Å². The molecule has 0 saturated carbocycles. The number of piperidine rings is 1. The number of aromatic nitrogens is 1. The van der Waals surface area contributed by atoms with Crippen molar-refractivity contribution in [2.45, 2.75) is 32.2 Å². The molecule has 2 aromatic heterocycles. The fourth-order valence-corrected chi connectivity index (χ4v) is 6.89. The van der Waals surface area contributed by atoms with Gasteiger partial charge in [-0.2, -0.15) is 0 Å². The van der Waals surface area contributed by atoms with Crippen molar-refractivity contribution in [3.05, 3.63) is 45.8 Å². The van der Waals surface area contributed by atoms with Crippen molar-refractivity contribution in [1.29, 1.82) is 0 Å². The third-order valence-corrected chi connectivity index (χ3v) is 9.38. The largest absolute Gasteiger partial charge is 0.369 e. The van der Waals surface area contributed by atoms with Crippen LogP contribution in [0.15, 0.2) is 29.8 Å². The van der Waals surface area contributed by atoms with Gasteiger partial charge < -0.3 is 16.5 Å². The van der Waals surface area contributed by atoms with Gasteiger partial charge in [-0.3, -0.25) is 14.5 Å². The average molecular weight is 518 g/mol. The van der Waals surface area contributed by atoms with Crippen molar-refractivity contribution in [2.75, 3.05) is 32.4 Å². The highest BCUT2D eigenvalue weighted by atomic mass is 32.2. The summed E-state index contributed by atoms with van der Waals surface area (Å²) in [6, 6.07) is 5.93. The van der Waals surface area contributed by atoms with Crippen LogP contribution >= 0.6 is 11.3 Å². The van der Waals surface area contributed by atoms with Crippen molar-refractivity contribution in [3.8, 4) is 11.1 Å². The van der Waals surface area contributed by atoms with Crippen LogP contribution in [0.1, 0.15) is 46.5 Å². The van der Waals surface area contributed by atoms with E-state index in [-0.39, 0.29) is 24.1 Å². The Balaban J connectivity index is 1.64. The Bertz CT molecular complexity index is 1350. The van der Waals surface area contributed by atoms with Crippen LogP contribution in [-0.4, -0.2) is 66.9 Å². The van der Waals surface area contributed by atoms with Gasteiger partial charge in [0.15, 0.2) is 0 Å². The third kappa shape index (κ3) is 5.43. The number of sulfonamides is 1. The van der Waals surface area contributed by atoms with Crippen LogP contribution in [0.4, 0.5) is 0 Å². The molecule has 0 bridgehead atoms. The van der Waals surface area contributed by atoms with Crippen LogP contribution in [0.3, 0.4) is 0 Å². The van der Waals surface area contributed by atoms with E-state index in [0.717, 1.165) is 39.8 Å². The quantitative estimate of drug-likeness (QED) is 0.400. The van der Waals surface area contributed by atoms with Gasteiger partial charge in [0.2, 0.25) is 15.9 Å². The molecule has 3 aromatic rings. The zero-order valence-corrected chi connectivity index (χ0v) is 21.5. The SMILES string of the molecule is CCS(=O)(=O)N1CCC(c2c[nH]c3c(C(N)=O)cc(-c4csc(CN(C)CC(N)=O)c4)cc23)CC1. The Hall–Kier alpha value is -2.73. The number of hydrogen-bond donors (Lipinski definition) is 3. The Morgan fingerprint density at radius 1 is 1.17 bits per heavy atom. The van der Waals surface area contributed by atoms with Crippen molar-refractivity contribution >= 4 is 44.1 Å². The molecule has 35 heavy (non-hydrogen) atoms. The van der Waals surface area contributed by atoms with Gasteiger partial charge in [0, 0.05) is 36.1 Å². The fraction of sp³-hybridized carbons (Fsp3) is 0.417. The summed E-state index contributed by atoms with van der Waals surface area (Å²) in [6.45, 7) is 3.41. The summed E-state index contributed by atoms with van der Waals surface area (Å²) >= 11 is 1.58. The maximum Gasteiger partial charge on any atom is 0.250 e. The molecule has 0 radical (unpaired) electrons. The van der Waals surface area contributed by atoms with E-state index >= 15 is 0 Å². The Morgan fingerprint density at radius 2 is 1.89 bits per heavy atom. The van der Waals surface area contributed by atoms with Gasteiger partial charge in [-0.05, 0) is 73.0 Å². The predicted octanol–water partition coefficient (Wildman–Crippen LogP) is 2.44. The number of likely N-dealkylation sites (N-methyl/N-ethyl adjacent to an activating group) is 1. The minimum Gasteiger partial charge on any atom is -0.369 e. The molecule has 0 unspecified atom stereocenters. The number of hydrogen-bond acceptors (Lipinski definition) is 6. The van der Waals surface area contributed by atoms with E-state index in [1.165, 1.54) is 0 Å². The summed E-state index contributed by atoms with van der Waals surface area (Å²) < 4.78 is 26.1. The van der Waals surface area contributed by atoms with E-state index in [1.807, 2.05) is 23.5 Å². The second-order valence-electron chi connectivity index (χ2n) is 9.07. The lowest BCUT2D eigenvalue weighted by Gasteiger charge is -2.31. The summed E-state index contributed by atoms with van der Waals surface area (Å²) in [5.41, 5.74) is 15.1. The molecular formula is C24H31N5O4S2. The van der Waals surface area contributed by atoms with Crippen molar-refractivity contribution < 1.29 is 18.0 Å². The molecule has 9 nitrogen and oxygen atoms in total. The summed E-state index contributed by atoms with van der Waals surface area (Å²) in [5.74, 6) is -0.593. The Labute approximate surface area is 209 Å². The lowest BCUT2D eigenvalue weighted by Crippen LogP contribution is -2.38. The van der Waals surface area contributed by atoms with Crippen molar-refractivity contribution in [3.63, 3.8) is 0 Å². The summed E-state index contributed by atoms with van der Waals surface area (Å²) in [4.78, 5) is 29.6. The minimum atomic E-state index is -3.19. The lowest BCUT2D eigenvalue weighted by molar-refractivity contribution is -0.118. The molecule has 1 aromatic carbocycles. The van der Waals surface area contributed by atoms with Gasteiger partial charge in [-0.15, -0.1) is 11.3 Å². The molecule has 3 heterocycles. The fourth-order valence-electron chi connectivity index (χ4n) is 4.78. The zero-order chi connectivity index (χ0) is 25.3. The number of thiophene rings is 1. The summed E-state index contributed by atoms with van der Waals surface area (Å²) in [7, 11) is -1.36. The normalized spacial score (nSPS) is 15.7. The number of carbonyl (C=O) groups excluding carboxylic acids is 2.